The SMILES string of the molecule is Cc1ccc(Cl)cc1C=N[S@](=O)C(C)(C)C. The number of halogens is 1. The number of hydrogen-bond acceptors (Lipinski definition) is 1. The van der Waals surface area contributed by atoms with E-state index < -0.39 is 11.0 Å². The Bertz CT molecular complexity index is 435. The smallest absolute Gasteiger partial charge is 0.144 e. The van der Waals surface area contributed by atoms with Gasteiger partial charge in [-0.05, 0) is 51.0 Å². The van der Waals surface area contributed by atoms with Crippen molar-refractivity contribution in [3.63, 3.8) is 0 Å². The average molecular weight is 258 g/mol. The van der Waals surface area contributed by atoms with E-state index in [1.165, 1.54) is 0 Å². The molecule has 1 atom stereocenters. The summed E-state index contributed by atoms with van der Waals surface area (Å²) in [4.78, 5) is 0. The van der Waals surface area contributed by atoms with Gasteiger partial charge >= 0.3 is 0 Å². The molecule has 1 rings (SSSR count). The van der Waals surface area contributed by atoms with Crippen LogP contribution in [-0.4, -0.2) is 15.2 Å². The van der Waals surface area contributed by atoms with Gasteiger partial charge in [-0.3, -0.25) is 0 Å². The highest BCUT2D eigenvalue weighted by atomic mass is 35.5. The van der Waals surface area contributed by atoms with Gasteiger partial charge in [0, 0.05) is 11.2 Å². The molecule has 0 spiro atoms. The summed E-state index contributed by atoms with van der Waals surface area (Å²) in [5.74, 6) is 0. The van der Waals surface area contributed by atoms with Gasteiger partial charge in [0.05, 0.1) is 4.75 Å². The van der Waals surface area contributed by atoms with Crippen molar-refractivity contribution >= 4 is 28.8 Å². The van der Waals surface area contributed by atoms with E-state index in [0.29, 0.717) is 5.02 Å². The maximum absolute atomic E-state index is 11.7. The van der Waals surface area contributed by atoms with Gasteiger partial charge in [0.2, 0.25) is 0 Å². The van der Waals surface area contributed by atoms with Crippen LogP contribution >= 0.6 is 11.6 Å². The van der Waals surface area contributed by atoms with E-state index in [9.17, 15) is 4.21 Å². The molecule has 88 valence electrons. The molecule has 1 aromatic carbocycles. The van der Waals surface area contributed by atoms with Crippen LogP contribution in [0.2, 0.25) is 5.02 Å². The fourth-order valence-electron chi connectivity index (χ4n) is 1.01. The third-order valence-electron chi connectivity index (χ3n) is 2.05. The summed E-state index contributed by atoms with van der Waals surface area (Å²) in [5.41, 5.74) is 1.98. The third kappa shape index (κ3) is 3.72. The number of aryl methyl sites for hydroxylation is 1. The number of rotatable bonds is 2. The highest BCUT2D eigenvalue weighted by Gasteiger charge is 2.18. The van der Waals surface area contributed by atoms with Gasteiger partial charge in [0.15, 0.2) is 0 Å². The highest BCUT2D eigenvalue weighted by molar-refractivity contribution is 7.85. The van der Waals surface area contributed by atoms with Crippen molar-refractivity contribution in [2.24, 2.45) is 4.40 Å². The highest BCUT2D eigenvalue weighted by Crippen LogP contribution is 2.15. The Kier molecular flexibility index (Phi) is 4.28. The predicted molar refractivity (Wildman–Crippen MR) is 71.7 cm³/mol. The van der Waals surface area contributed by atoms with Crippen molar-refractivity contribution in [1.82, 2.24) is 0 Å². The summed E-state index contributed by atoms with van der Waals surface area (Å²) < 4.78 is 15.4. The Balaban J connectivity index is 2.93. The summed E-state index contributed by atoms with van der Waals surface area (Å²) in [5, 5.41) is 0.661. The second kappa shape index (κ2) is 5.11. The van der Waals surface area contributed by atoms with Crippen molar-refractivity contribution < 1.29 is 4.21 Å². The number of hydrogen-bond donors (Lipinski definition) is 0. The molecular weight excluding hydrogens is 242 g/mol. The molecule has 0 bridgehead atoms. The number of benzene rings is 1. The van der Waals surface area contributed by atoms with E-state index in [1.807, 2.05) is 45.9 Å². The molecule has 0 aliphatic rings. The van der Waals surface area contributed by atoms with Gasteiger partial charge in [-0.15, -0.1) is 0 Å². The van der Waals surface area contributed by atoms with Gasteiger partial charge in [-0.1, -0.05) is 17.7 Å². The van der Waals surface area contributed by atoms with E-state index in [0.717, 1.165) is 11.1 Å². The van der Waals surface area contributed by atoms with Crippen LogP contribution in [0.5, 0.6) is 0 Å². The first-order valence-electron chi connectivity index (χ1n) is 5.03. The summed E-state index contributed by atoms with van der Waals surface area (Å²) in [7, 11) is -1.23. The summed E-state index contributed by atoms with van der Waals surface area (Å²) in [6, 6.07) is 5.57. The first-order valence-corrected chi connectivity index (χ1v) is 6.51. The summed E-state index contributed by atoms with van der Waals surface area (Å²) >= 11 is 5.88. The van der Waals surface area contributed by atoms with Crippen LogP contribution in [0.25, 0.3) is 0 Å². The van der Waals surface area contributed by atoms with Crippen LogP contribution in [-0.2, 0) is 11.0 Å². The second-order valence-corrected chi connectivity index (χ2v) is 6.97. The second-order valence-electron chi connectivity index (χ2n) is 4.60. The standard InChI is InChI=1S/C12H16ClNOS/c1-9-5-6-11(13)7-10(9)8-14-16(15)12(2,3)4/h5-8H,1-4H3/t16-/m1/s1. The molecule has 0 aliphatic carbocycles. The van der Waals surface area contributed by atoms with Gasteiger partial charge in [-0.25, -0.2) is 4.21 Å². The Morgan fingerprint density at radius 3 is 2.56 bits per heavy atom. The lowest BCUT2D eigenvalue weighted by molar-refractivity contribution is 0.651. The van der Waals surface area contributed by atoms with E-state index in [2.05, 4.69) is 4.40 Å². The summed E-state index contributed by atoms with van der Waals surface area (Å²) in [6.07, 6.45) is 1.63. The first kappa shape index (κ1) is 13.4. The molecular formula is C12H16ClNOS. The van der Waals surface area contributed by atoms with E-state index in [1.54, 1.807) is 6.21 Å². The molecule has 0 unspecified atom stereocenters. The zero-order valence-corrected chi connectivity index (χ0v) is 11.5. The molecule has 1 aromatic rings. The van der Waals surface area contributed by atoms with Crippen LogP contribution in [0, 0.1) is 6.92 Å². The van der Waals surface area contributed by atoms with E-state index in [4.69, 9.17) is 11.6 Å². The minimum absolute atomic E-state index is 0.330. The lowest BCUT2D eigenvalue weighted by Crippen LogP contribution is -2.19. The minimum atomic E-state index is -1.23. The maximum atomic E-state index is 11.7. The molecule has 0 heterocycles. The van der Waals surface area contributed by atoms with Crippen molar-refractivity contribution in [3.8, 4) is 0 Å². The minimum Gasteiger partial charge on any atom is -0.234 e. The zero-order valence-electron chi connectivity index (χ0n) is 9.95. The quantitative estimate of drug-likeness (QED) is 0.746. The van der Waals surface area contributed by atoms with Crippen molar-refractivity contribution in [1.29, 1.82) is 0 Å². The molecule has 4 heteroatoms. The van der Waals surface area contributed by atoms with Crippen molar-refractivity contribution in [3.05, 3.63) is 34.3 Å². The Morgan fingerprint density at radius 2 is 2.00 bits per heavy atom. The molecule has 0 radical (unpaired) electrons. The largest absolute Gasteiger partial charge is 0.234 e. The summed E-state index contributed by atoms with van der Waals surface area (Å²) in [6.45, 7) is 7.65. The van der Waals surface area contributed by atoms with Crippen LogP contribution in [0.15, 0.2) is 22.6 Å². The monoisotopic (exact) mass is 257 g/mol. The Hall–Kier alpha value is -0.670. The molecule has 0 aromatic heterocycles. The van der Waals surface area contributed by atoms with E-state index in [-0.39, 0.29) is 4.75 Å². The van der Waals surface area contributed by atoms with Crippen LogP contribution in [0.4, 0.5) is 0 Å². The van der Waals surface area contributed by atoms with Crippen LogP contribution < -0.4 is 0 Å². The lowest BCUT2D eigenvalue weighted by atomic mass is 10.1. The van der Waals surface area contributed by atoms with Crippen LogP contribution in [0.3, 0.4) is 0 Å². The zero-order chi connectivity index (χ0) is 12.3. The molecule has 16 heavy (non-hydrogen) atoms. The predicted octanol–water partition coefficient (Wildman–Crippen LogP) is 3.53. The van der Waals surface area contributed by atoms with Gasteiger partial charge in [0.25, 0.3) is 0 Å². The molecule has 0 N–H and O–H groups in total. The normalized spacial score (nSPS) is 14.3. The molecule has 0 saturated heterocycles. The van der Waals surface area contributed by atoms with Crippen molar-refractivity contribution in [2.45, 2.75) is 32.4 Å². The fourth-order valence-corrected chi connectivity index (χ4v) is 1.72. The molecule has 0 amide bonds. The molecule has 0 aliphatic heterocycles. The van der Waals surface area contributed by atoms with Crippen molar-refractivity contribution in [2.75, 3.05) is 0 Å². The Morgan fingerprint density at radius 1 is 1.38 bits per heavy atom. The van der Waals surface area contributed by atoms with Gasteiger partial charge in [-0.2, -0.15) is 4.40 Å². The fraction of sp³-hybridized carbons (Fsp3) is 0.417. The van der Waals surface area contributed by atoms with Gasteiger partial charge < -0.3 is 0 Å². The van der Waals surface area contributed by atoms with Gasteiger partial charge in [0.1, 0.15) is 11.0 Å². The first-order chi connectivity index (χ1) is 7.30. The molecule has 0 saturated carbocycles. The topological polar surface area (TPSA) is 29.4 Å². The lowest BCUT2D eigenvalue weighted by Gasteiger charge is -2.12. The van der Waals surface area contributed by atoms with E-state index >= 15 is 0 Å². The molecule has 0 fully saturated rings. The Labute approximate surface area is 104 Å². The van der Waals surface area contributed by atoms with Crippen LogP contribution in [0.1, 0.15) is 31.9 Å². The number of nitrogens with zero attached hydrogens (tertiary/aromatic N) is 1. The third-order valence-corrected chi connectivity index (χ3v) is 3.63. The average Bonchev–Trinajstić information content (AvgIpc) is 2.17. The molecule has 2 nitrogen and oxygen atoms in total. The maximum Gasteiger partial charge on any atom is 0.144 e.